The summed E-state index contributed by atoms with van der Waals surface area (Å²) in [7, 11) is 1.13. The molecule has 0 fully saturated rings. The highest BCUT2D eigenvalue weighted by atomic mass is 19.1. The van der Waals surface area contributed by atoms with Crippen molar-refractivity contribution in [3.8, 4) is 11.3 Å². The number of H-pyrrole nitrogens is 1. The molecule has 0 spiro atoms. The highest BCUT2D eigenvalue weighted by Crippen LogP contribution is 2.29. The Morgan fingerprint density at radius 3 is 2.70 bits per heavy atom. The molecule has 0 unspecified atom stereocenters. The number of nitrogens with one attached hydrogen (secondary N) is 1. The molecule has 27 heavy (non-hydrogen) atoms. The molecule has 2 N–H and O–H groups in total. The Morgan fingerprint density at radius 1 is 1.33 bits per heavy atom. The van der Waals surface area contributed by atoms with E-state index in [0.29, 0.717) is 6.07 Å². The maximum atomic E-state index is 14.3. The summed E-state index contributed by atoms with van der Waals surface area (Å²) in [4.78, 5) is 35.3. The van der Waals surface area contributed by atoms with Crippen LogP contribution in [0, 0.1) is 11.6 Å². The normalized spacial score (nSPS) is 12.1. The van der Waals surface area contributed by atoms with E-state index in [1.807, 2.05) is 0 Å². The van der Waals surface area contributed by atoms with E-state index in [0.717, 1.165) is 19.2 Å². The van der Waals surface area contributed by atoms with Crippen LogP contribution in [0.3, 0.4) is 0 Å². The van der Waals surface area contributed by atoms with Crippen LogP contribution in [0.1, 0.15) is 28.4 Å². The molecule has 2 aliphatic rings. The van der Waals surface area contributed by atoms with Gasteiger partial charge in [-0.15, -0.1) is 0 Å². The average molecular weight is 377 g/mol. The van der Waals surface area contributed by atoms with E-state index in [-0.39, 0.29) is 22.4 Å². The number of hydrogen-bond donors (Lipinski definition) is 2. The first kappa shape index (κ1) is 18.2. The molecule has 2 heterocycles. The van der Waals surface area contributed by atoms with E-state index in [1.54, 1.807) is 0 Å². The Bertz CT molecular complexity index is 1060. The number of fused-ring (bicyclic) bond motifs is 1. The summed E-state index contributed by atoms with van der Waals surface area (Å²) in [5, 5.41) is 15.2. The smallest absolute Gasteiger partial charge is 0.341 e. The number of aromatic amines is 1. The Hall–Kier alpha value is -3.56. The zero-order valence-electron chi connectivity index (χ0n) is 13.9. The Morgan fingerprint density at radius 2 is 2.07 bits per heavy atom. The number of carbonyl (C=O) groups is 2. The summed E-state index contributed by atoms with van der Waals surface area (Å²) < 4.78 is 33.4. The number of hydrogen-bond acceptors (Lipinski definition) is 5. The molecule has 140 valence electrons. The van der Waals surface area contributed by atoms with E-state index in [4.69, 9.17) is 0 Å². The van der Waals surface area contributed by atoms with Crippen LogP contribution in [-0.4, -0.2) is 38.9 Å². The van der Waals surface area contributed by atoms with E-state index in [1.165, 1.54) is 17.0 Å². The van der Waals surface area contributed by atoms with Crippen LogP contribution in [0.5, 0.6) is 0 Å². The molecule has 2 aliphatic heterocycles. The minimum absolute atomic E-state index is 0.00388. The number of carboxylic acid groups (broad SMARTS) is 1. The molecule has 0 aliphatic carbocycles. The molecule has 0 radical (unpaired) electrons. The molecule has 10 heteroatoms. The van der Waals surface area contributed by atoms with Crippen molar-refractivity contribution < 1.29 is 28.2 Å². The van der Waals surface area contributed by atoms with Crippen molar-refractivity contribution in [3.63, 3.8) is 0 Å². The van der Waals surface area contributed by atoms with Crippen molar-refractivity contribution in [1.29, 1.82) is 0 Å². The number of aromatic nitrogens is 3. The minimum atomic E-state index is -1.26. The monoisotopic (exact) mass is 377 g/mol. The number of ether oxygens (including phenoxy) is 1. The fraction of sp³-hybridized carbons (Fsp3) is 0.176. The summed E-state index contributed by atoms with van der Waals surface area (Å²) in [5.74, 6) is -3.85. The van der Waals surface area contributed by atoms with Crippen LogP contribution in [0.2, 0.25) is 0 Å². The van der Waals surface area contributed by atoms with Gasteiger partial charge in [-0.3, -0.25) is 9.59 Å². The van der Waals surface area contributed by atoms with Gasteiger partial charge < -0.3 is 14.4 Å². The second-order valence-corrected chi connectivity index (χ2v) is 5.71. The van der Waals surface area contributed by atoms with Crippen molar-refractivity contribution in [3.05, 3.63) is 63.7 Å². The molecule has 1 atom stereocenters. The van der Waals surface area contributed by atoms with Crippen molar-refractivity contribution in [2.75, 3.05) is 7.11 Å². The predicted octanol–water partition coefficient (Wildman–Crippen LogP) is 1.81. The SMILES string of the molecule is COC(=O)c1cn([C@H](CC(=O)O)c2ccc(F)cc2F)cc2c(=O)[nH]nc1-2. The number of carbonyl (C=O) groups excluding carboxylic acids is 1. The van der Waals surface area contributed by atoms with Gasteiger partial charge in [-0.05, 0) is 6.07 Å². The molecule has 0 saturated heterocycles. The van der Waals surface area contributed by atoms with Crippen LogP contribution in [0.15, 0.2) is 35.4 Å². The Labute approximate surface area is 150 Å². The number of halogens is 2. The fourth-order valence-electron chi connectivity index (χ4n) is 2.81. The van der Waals surface area contributed by atoms with Crippen molar-refractivity contribution in [1.82, 2.24) is 14.8 Å². The van der Waals surface area contributed by atoms with Crippen LogP contribution < -0.4 is 5.56 Å². The maximum Gasteiger partial charge on any atom is 0.341 e. The summed E-state index contributed by atoms with van der Waals surface area (Å²) in [6, 6.07) is 1.58. The Balaban J connectivity index is 2.25. The number of rotatable bonds is 5. The van der Waals surface area contributed by atoms with Gasteiger partial charge in [0.05, 0.1) is 25.1 Å². The maximum absolute atomic E-state index is 14.3. The first-order chi connectivity index (χ1) is 12.8. The zero-order chi connectivity index (χ0) is 19.7. The summed E-state index contributed by atoms with van der Waals surface area (Å²) in [5.41, 5.74) is -0.799. The number of carboxylic acids is 1. The van der Waals surface area contributed by atoms with Crippen molar-refractivity contribution in [2.45, 2.75) is 12.5 Å². The van der Waals surface area contributed by atoms with Gasteiger partial charge in [-0.25, -0.2) is 18.7 Å². The first-order valence-electron chi connectivity index (χ1n) is 7.66. The molecular formula is C17H13F2N3O5. The number of benzene rings is 1. The lowest BCUT2D eigenvalue weighted by Crippen LogP contribution is -2.20. The molecule has 0 aromatic heterocycles. The third kappa shape index (κ3) is 3.41. The number of esters is 1. The standard InChI is InChI=1S/C17H13F2N3O5/c1-27-17(26)11-7-22(6-10-15(11)20-21-16(10)25)13(5-14(23)24)9-3-2-8(18)4-12(9)19/h2-4,6-7,13H,5H2,1H3,(H,21,25)(H,23,24)/t13-/m1/s1. The van der Waals surface area contributed by atoms with Crippen LogP contribution in [0.25, 0.3) is 11.3 Å². The van der Waals surface area contributed by atoms with Gasteiger partial charge in [0, 0.05) is 24.0 Å². The van der Waals surface area contributed by atoms with Gasteiger partial charge in [-0.1, -0.05) is 6.07 Å². The number of methoxy groups -OCH3 is 1. The van der Waals surface area contributed by atoms with E-state index < -0.39 is 41.6 Å². The third-order valence-corrected chi connectivity index (χ3v) is 4.04. The van der Waals surface area contributed by atoms with E-state index in [9.17, 15) is 28.3 Å². The van der Waals surface area contributed by atoms with Gasteiger partial charge in [0.1, 0.15) is 22.9 Å². The quantitative estimate of drug-likeness (QED) is 0.656. The summed E-state index contributed by atoms with van der Waals surface area (Å²) >= 11 is 0. The molecule has 3 rings (SSSR count). The van der Waals surface area contributed by atoms with Gasteiger partial charge in [0.15, 0.2) is 0 Å². The topological polar surface area (TPSA) is 114 Å². The van der Waals surface area contributed by atoms with Crippen LogP contribution >= 0.6 is 0 Å². The van der Waals surface area contributed by atoms with Crippen LogP contribution in [-0.2, 0) is 9.53 Å². The second-order valence-electron chi connectivity index (χ2n) is 5.71. The van der Waals surface area contributed by atoms with Gasteiger partial charge in [0.25, 0.3) is 5.56 Å². The zero-order valence-corrected chi connectivity index (χ0v) is 13.9. The van der Waals surface area contributed by atoms with Gasteiger partial charge >= 0.3 is 11.9 Å². The van der Waals surface area contributed by atoms with Crippen LogP contribution in [0.4, 0.5) is 8.78 Å². The predicted molar refractivity (Wildman–Crippen MR) is 87.6 cm³/mol. The van der Waals surface area contributed by atoms with E-state index >= 15 is 0 Å². The fourth-order valence-corrected chi connectivity index (χ4v) is 2.81. The molecule has 0 saturated carbocycles. The molecule has 0 amide bonds. The summed E-state index contributed by atoms with van der Waals surface area (Å²) in [6.45, 7) is 0. The lowest BCUT2D eigenvalue weighted by molar-refractivity contribution is -0.137. The molecule has 1 aromatic carbocycles. The lowest BCUT2D eigenvalue weighted by atomic mass is 10.0. The summed E-state index contributed by atoms with van der Waals surface area (Å²) in [6.07, 6.45) is 1.89. The number of nitrogens with zero attached hydrogens (tertiary/aromatic N) is 2. The van der Waals surface area contributed by atoms with Gasteiger partial charge in [0.2, 0.25) is 0 Å². The van der Waals surface area contributed by atoms with Crippen molar-refractivity contribution in [2.24, 2.45) is 0 Å². The highest BCUT2D eigenvalue weighted by molar-refractivity contribution is 5.96. The average Bonchev–Trinajstić information content (AvgIpc) is 2.99. The second kappa shape index (κ2) is 6.98. The number of pyridine rings is 1. The molecular weight excluding hydrogens is 364 g/mol. The largest absolute Gasteiger partial charge is 0.481 e. The van der Waals surface area contributed by atoms with Gasteiger partial charge in [-0.2, -0.15) is 5.10 Å². The number of aliphatic carboxylic acids is 1. The Kier molecular flexibility index (Phi) is 4.72. The first-order valence-corrected chi connectivity index (χ1v) is 7.66. The molecule has 0 bridgehead atoms. The minimum Gasteiger partial charge on any atom is -0.481 e. The highest BCUT2D eigenvalue weighted by Gasteiger charge is 2.27. The molecule has 1 aromatic rings. The van der Waals surface area contributed by atoms with E-state index in [2.05, 4.69) is 14.9 Å². The lowest BCUT2D eigenvalue weighted by Gasteiger charge is -2.22. The van der Waals surface area contributed by atoms with Crippen molar-refractivity contribution >= 4 is 11.9 Å². The third-order valence-electron chi connectivity index (χ3n) is 4.04. The molecule has 8 nitrogen and oxygen atoms in total.